The third-order valence-electron chi connectivity index (χ3n) is 8.55. The van der Waals surface area contributed by atoms with Gasteiger partial charge < -0.3 is 9.30 Å². The van der Waals surface area contributed by atoms with Gasteiger partial charge >= 0.3 is 11.9 Å². The maximum absolute atomic E-state index is 14.3. The Morgan fingerprint density at radius 1 is 1.12 bits per heavy atom. The lowest BCUT2D eigenvalue weighted by Gasteiger charge is -2.31. The lowest BCUT2D eigenvalue weighted by Crippen LogP contribution is -2.34. The van der Waals surface area contributed by atoms with Gasteiger partial charge in [-0.1, -0.05) is 19.1 Å². The molecule has 0 amide bonds. The fourth-order valence-electron chi connectivity index (χ4n) is 6.56. The topological polar surface area (TPSA) is 69.6 Å². The predicted molar refractivity (Wildman–Crippen MR) is 148 cm³/mol. The van der Waals surface area contributed by atoms with Gasteiger partial charge in [-0.25, -0.2) is 4.79 Å². The van der Waals surface area contributed by atoms with Crippen LogP contribution in [0.25, 0.3) is 11.2 Å². The van der Waals surface area contributed by atoms with E-state index in [0.29, 0.717) is 36.9 Å². The summed E-state index contributed by atoms with van der Waals surface area (Å²) in [5.74, 6) is 1.46. The zero-order valence-electron chi connectivity index (χ0n) is 23.3. The van der Waals surface area contributed by atoms with E-state index in [0.717, 1.165) is 54.6 Å². The van der Waals surface area contributed by atoms with Crippen LogP contribution in [0, 0.1) is 11.8 Å². The Labute approximate surface area is 236 Å². The first-order valence-electron chi connectivity index (χ1n) is 14.3. The maximum atomic E-state index is 14.3. The van der Waals surface area contributed by atoms with E-state index in [1.54, 1.807) is 18.6 Å². The first-order valence-corrected chi connectivity index (χ1v) is 14.3. The van der Waals surface area contributed by atoms with Crippen LogP contribution < -0.4 is 5.69 Å². The zero-order chi connectivity index (χ0) is 28.7. The second-order valence-electron chi connectivity index (χ2n) is 11.6. The highest BCUT2D eigenvalue weighted by atomic mass is 19.4. The van der Waals surface area contributed by atoms with Gasteiger partial charge in [-0.15, -0.1) is 10.2 Å². The number of benzene rings is 1. The molecular weight excluding hydrogens is 533 g/mol. The molecule has 0 spiro atoms. The molecule has 2 saturated heterocycles. The molecule has 41 heavy (non-hydrogen) atoms. The quantitative estimate of drug-likeness (QED) is 0.327. The van der Waals surface area contributed by atoms with Crippen molar-refractivity contribution in [2.24, 2.45) is 18.9 Å². The summed E-state index contributed by atoms with van der Waals surface area (Å²) < 4.78 is 52.8. The molecule has 6 rings (SSSR count). The monoisotopic (exact) mass is 568 g/mol. The summed E-state index contributed by atoms with van der Waals surface area (Å²) in [7, 11) is 1.90. The first-order chi connectivity index (χ1) is 19.7. The number of likely N-dealkylation sites (tertiary alicyclic amines) is 1. The molecule has 2 fully saturated rings. The summed E-state index contributed by atoms with van der Waals surface area (Å²) in [6, 6.07) is 8.67. The van der Waals surface area contributed by atoms with Crippen molar-refractivity contribution in [2.45, 2.75) is 51.2 Å². The van der Waals surface area contributed by atoms with Gasteiger partial charge in [0.1, 0.15) is 12.2 Å². The van der Waals surface area contributed by atoms with E-state index in [9.17, 15) is 18.0 Å². The number of aryl methyl sites for hydroxylation is 1. The number of ether oxygens (including phenoxy) is 1. The zero-order valence-corrected chi connectivity index (χ0v) is 23.3. The van der Waals surface area contributed by atoms with E-state index in [2.05, 4.69) is 22.0 Å². The number of fused-ring (bicyclic) bond motifs is 1. The summed E-state index contributed by atoms with van der Waals surface area (Å²) in [5, 5.41) is 8.48. The summed E-state index contributed by atoms with van der Waals surface area (Å²) in [5.41, 5.74) is 0.440. The SMILES string of the molecule is C[C@H]1CCCN(Cc2cc(C(F)(F)F)c3cn(-c4cccc([C@H](c5nncn5C)C5CCOCC5)c4)c(=O)n3c2)C1. The van der Waals surface area contributed by atoms with E-state index in [1.165, 1.54) is 16.8 Å². The molecule has 2 aliphatic heterocycles. The third kappa shape index (κ3) is 5.57. The number of imidazole rings is 1. The average molecular weight is 569 g/mol. The molecule has 1 aromatic carbocycles. The molecule has 218 valence electrons. The molecule has 4 aromatic rings. The molecule has 2 aliphatic rings. The Morgan fingerprint density at radius 3 is 2.63 bits per heavy atom. The van der Waals surface area contributed by atoms with Gasteiger partial charge in [0.15, 0.2) is 0 Å². The van der Waals surface area contributed by atoms with E-state index in [1.807, 2.05) is 29.8 Å². The van der Waals surface area contributed by atoms with Crippen LogP contribution in [0.1, 0.15) is 61.0 Å². The van der Waals surface area contributed by atoms with Gasteiger partial charge in [0, 0.05) is 51.7 Å². The number of piperidine rings is 1. The highest BCUT2D eigenvalue weighted by molar-refractivity contribution is 5.58. The van der Waals surface area contributed by atoms with Crippen molar-refractivity contribution in [1.82, 2.24) is 28.6 Å². The van der Waals surface area contributed by atoms with Crippen molar-refractivity contribution >= 4 is 5.52 Å². The molecule has 0 N–H and O–H groups in total. The number of hydrogen-bond acceptors (Lipinski definition) is 5. The standard InChI is InChI=1S/C30H35F3N6O2/c1-20-5-4-10-37(15-20)16-21-13-25(30(31,32)33)26-18-38(29(40)39(26)17-21)24-7-3-6-23(14-24)27(22-8-11-41-12-9-22)28-35-34-19-36(28)2/h3,6-7,13-14,17-20,22,27H,4-5,8-12,15-16H2,1-2H3/t20-,27+/m0/s1. The Balaban J connectivity index is 1.42. The minimum absolute atomic E-state index is 0.0941. The summed E-state index contributed by atoms with van der Waals surface area (Å²) >= 11 is 0. The molecule has 0 unspecified atom stereocenters. The second-order valence-corrected chi connectivity index (χ2v) is 11.6. The number of hydrogen-bond donors (Lipinski definition) is 0. The van der Waals surface area contributed by atoms with Crippen LogP contribution in [-0.4, -0.2) is 54.9 Å². The van der Waals surface area contributed by atoms with Crippen molar-refractivity contribution in [2.75, 3.05) is 26.3 Å². The lowest BCUT2D eigenvalue weighted by molar-refractivity contribution is -0.136. The first kappa shape index (κ1) is 27.7. The molecular formula is C30H35F3N6O2. The molecule has 0 radical (unpaired) electrons. The molecule has 8 nitrogen and oxygen atoms in total. The Bertz CT molecular complexity index is 1580. The van der Waals surface area contributed by atoms with Gasteiger partial charge in [-0.3, -0.25) is 13.9 Å². The molecule has 0 aliphatic carbocycles. The Morgan fingerprint density at radius 2 is 1.93 bits per heavy atom. The minimum Gasteiger partial charge on any atom is -0.381 e. The van der Waals surface area contributed by atoms with Gasteiger partial charge in [0.05, 0.1) is 16.8 Å². The predicted octanol–water partition coefficient (Wildman–Crippen LogP) is 5.03. The highest BCUT2D eigenvalue weighted by Gasteiger charge is 2.35. The van der Waals surface area contributed by atoms with E-state index in [-0.39, 0.29) is 17.4 Å². The van der Waals surface area contributed by atoms with Crippen LogP contribution >= 0.6 is 0 Å². The largest absolute Gasteiger partial charge is 0.418 e. The summed E-state index contributed by atoms with van der Waals surface area (Å²) in [4.78, 5) is 15.8. The van der Waals surface area contributed by atoms with Crippen LogP contribution in [0.4, 0.5) is 13.2 Å². The number of pyridine rings is 1. The van der Waals surface area contributed by atoms with Crippen molar-refractivity contribution in [3.05, 3.63) is 82.1 Å². The fraction of sp³-hybridized carbons (Fsp3) is 0.500. The molecule has 0 bridgehead atoms. The fourth-order valence-corrected chi connectivity index (χ4v) is 6.56. The lowest BCUT2D eigenvalue weighted by atomic mass is 9.80. The van der Waals surface area contributed by atoms with E-state index >= 15 is 0 Å². The van der Waals surface area contributed by atoms with E-state index < -0.39 is 17.4 Å². The van der Waals surface area contributed by atoms with Gasteiger partial charge in [0.25, 0.3) is 0 Å². The number of nitrogens with zero attached hydrogens (tertiary/aromatic N) is 6. The Hall–Kier alpha value is -3.44. The third-order valence-corrected chi connectivity index (χ3v) is 8.55. The molecule has 0 saturated carbocycles. The van der Waals surface area contributed by atoms with Crippen LogP contribution in [0.3, 0.4) is 0 Å². The number of halogens is 3. The molecule has 3 aromatic heterocycles. The average Bonchev–Trinajstić information content (AvgIpc) is 3.51. The second kappa shape index (κ2) is 11.1. The van der Waals surface area contributed by atoms with Crippen LogP contribution in [0.2, 0.25) is 0 Å². The minimum atomic E-state index is -4.60. The van der Waals surface area contributed by atoms with Crippen LogP contribution in [0.15, 0.2) is 53.8 Å². The van der Waals surface area contributed by atoms with Crippen molar-refractivity contribution in [1.29, 1.82) is 0 Å². The van der Waals surface area contributed by atoms with Gasteiger partial charge in [-0.05, 0) is 73.4 Å². The van der Waals surface area contributed by atoms with E-state index in [4.69, 9.17) is 4.74 Å². The Kier molecular flexibility index (Phi) is 7.50. The molecule has 11 heteroatoms. The van der Waals surface area contributed by atoms with Crippen molar-refractivity contribution < 1.29 is 17.9 Å². The number of alkyl halides is 3. The van der Waals surface area contributed by atoms with Crippen molar-refractivity contribution in [3.8, 4) is 5.69 Å². The smallest absolute Gasteiger partial charge is 0.381 e. The maximum Gasteiger partial charge on any atom is 0.418 e. The van der Waals surface area contributed by atoms with Crippen molar-refractivity contribution in [3.63, 3.8) is 0 Å². The van der Waals surface area contributed by atoms with Gasteiger partial charge in [0.2, 0.25) is 0 Å². The summed E-state index contributed by atoms with van der Waals surface area (Å²) in [6.07, 6.45) is 3.78. The molecule has 5 heterocycles. The normalized spacial score (nSPS) is 20.1. The molecule has 2 atom stereocenters. The number of rotatable bonds is 6. The number of aromatic nitrogens is 5. The highest BCUT2D eigenvalue weighted by Crippen LogP contribution is 2.38. The van der Waals surface area contributed by atoms with Gasteiger partial charge in [-0.2, -0.15) is 13.2 Å². The van der Waals surface area contributed by atoms with Crippen LogP contribution in [0.5, 0.6) is 0 Å². The van der Waals surface area contributed by atoms with Crippen LogP contribution in [-0.2, 0) is 24.5 Å². The summed E-state index contributed by atoms with van der Waals surface area (Å²) in [6.45, 7) is 5.52.